The van der Waals surface area contributed by atoms with Crippen LogP contribution in [-0.4, -0.2) is 62.3 Å². The Hall–Kier alpha value is -3.44. The molecule has 3 unspecified atom stereocenters. The molecular weight excluding hydrogens is 496 g/mol. The summed E-state index contributed by atoms with van der Waals surface area (Å²) < 4.78 is 20.4. The highest BCUT2D eigenvalue weighted by Crippen LogP contribution is 2.45. The fourth-order valence-electron chi connectivity index (χ4n) is 4.60. The van der Waals surface area contributed by atoms with Gasteiger partial charge in [0.15, 0.2) is 6.61 Å². The smallest absolute Gasteiger partial charge is 0.412 e. The van der Waals surface area contributed by atoms with E-state index in [1.54, 1.807) is 27.7 Å². The van der Waals surface area contributed by atoms with Gasteiger partial charge in [0.2, 0.25) is 0 Å². The van der Waals surface area contributed by atoms with Crippen molar-refractivity contribution < 1.29 is 38.1 Å². The molecule has 4 N–H and O–H groups in total. The van der Waals surface area contributed by atoms with Crippen LogP contribution in [0.5, 0.6) is 0 Å². The SMILES string of the molecule is C=C(C)NC(=O)OCC(C)OC(=O)NCC1(C)CC(NC(=O)OC(=C)COC(=O)NC(C)C)CC(C)(C)C1. The number of allylic oxidation sites excluding steroid dienone is 1. The van der Waals surface area contributed by atoms with Crippen LogP contribution in [0.15, 0.2) is 24.6 Å². The van der Waals surface area contributed by atoms with Crippen LogP contribution < -0.4 is 21.3 Å². The number of ether oxygens (including phenoxy) is 4. The lowest BCUT2D eigenvalue weighted by Crippen LogP contribution is -2.50. The normalized spacial score (nSPS) is 20.8. The molecular formula is C26H44N4O8. The zero-order valence-electron chi connectivity index (χ0n) is 23.7. The molecule has 3 atom stereocenters. The first-order chi connectivity index (χ1) is 17.5. The Balaban J connectivity index is 2.54. The van der Waals surface area contributed by atoms with Crippen molar-refractivity contribution in [3.63, 3.8) is 0 Å². The highest BCUT2D eigenvalue weighted by molar-refractivity contribution is 5.70. The average molecular weight is 541 g/mol. The van der Waals surface area contributed by atoms with Crippen LogP contribution in [0, 0.1) is 10.8 Å². The van der Waals surface area contributed by atoms with Crippen molar-refractivity contribution in [1.82, 2.24) is 21.3 Å². The topological polar surface area (TPSA) is 153 Å². The maximum atomic E-state index is 12.4. The van der Waals surface area contributed by atoms with Crippen LogP contribution in [0.1, 0.15) is 67.7 Å². The van der Waals surface area contributed by atoms with Gasteiger partial charge in [0.1, 0.15) is 18.5 Å². The lowest BCUT2D eigenvalue weighted by molar-refractivity contribution is 0.0434. The third kappa shape index (κ3) is 13.8. The number of nitrogens with one attached hydrogen (secondary N) is 4. The van der Waals surface area contributed by atoms with Crippen molar-refractivity contribution in [2.24, 2.45) is 10.8 Å². The molecule has 4 amide bonds. The van der Waals surface area contributed by atoms with Crippen molar-refractivity contribution in [2.45, 2.75) is 85.9 Å². The number of hydrogen-bond donors (Lipinski definition) is 4. The van der Waals surface area contributed by atoms with Gasteiger partial charge < -0.3 is 34.9 Å². The summed E-state index contributed by atoms with van der Waals surface area (Å²) in [6, 6.07) is -0.302. The average Bonchev–Trinajstić information content (AvgIpc) is 2.72. The summed E-state index contributed by atoms with van der Waals surface area (Å²) >= 11 is 0. The van der Waals surface area contributed by atoms with E-state index in [4.69, 9.17) is 18.9 Å². The molecule has 0 heterocycles. The molecule has 0 aliphatic heterocycles. The van der Waals surface area contributed by atoms with E-state index < -0.39 is 30.5 Å². The van der Waals surface area contributed by atoms with Crippen molar-refractivity contribution in [1.29, 1.82) is 0 Å². The van der Waals surface area contributed by atoms with E-state index in [-0.39, 0.29) is 41.9 Å². The van der Waals surface area contributed by atoms with Gasteiger partial charge in [-0.15, -0.1) is 0 Å². The molecule has 216 valence electrons. The van der Waals surface area contributed by atoms with Crippen molar-refractivity contribution in [2.75, 3.05) is 19.8 Å². The summed E-state index contributed by atoms with van der Waals surface area (Å²) in [5.74, 6) is -0.00106. The van der Waals surface area contributed by atoms with Crippen molar-refractivity contribution >= 4 is 24.4 Å². The van der Waals surface area contributed by atoms with E-state index in [2.05, 4.69) is 48.3 Å². The van der Waals surface area contributed by atoms with Gasteiger partial charge in [-0.3, -0.25) is 5.32 Å². The van der Waals surface area contributed by atoms with Crippen LogP contribution >= 0.6 is 0 Å². The monoisotopic (exact) mass is 540 g/mol. The molecule has 38 heavy (non-hydrogen) atoms. The molecule has 1 saturated carbocycles. The van der Waals surface area contributed by atoms with Gasteiger partial charge in [-0.2, -0.15) is 0 Å². The Morgan fingerprint density at radius 1 is 0.947 bits per heavy atom. The lowest BCUT2D eigenvalue weighted by atomic mass is 9.62. The standard InChI is InChI=1S/C26H44N4O8/c1-16(2)28-22(32)35-12-18(5)37-21(31)27-15-26(9)11-20(10-25(7,8)14-26)30-24(34)38-19(6)13-36-23(33)29-17(3)4/h17-18,20H,1,6,10-15H2,2-5,7-9H3,(H,27,31)(H,28,32)(H,29,33)(H,30,34). The Kier molecular flexibility index (Phi) is 12.4. The second-order valence-corrected chi connectivity index (χ2v) is 11.3. The zero-order chi connectivity index (χ0) is 29.1. The number of amides is 4. The summed E-state index contributed by atoms with van der Waals surface area (Å²) in [6.07, 6.45) is -1.17. The fourth-order valence-corrected chi connectivity index (χ4v) is 4.60. The third-order valence-electron chi connectivity index (χ3n) is 5.51. The summed E-state index contributed by atoms with van der Waals surface area (Å²) in [5, 5.41) is 10.6. The second kappa shape index (κ2) is 14.5. The predicted molar refractivity (Wildman–Crippen MR) is 141 cm³/mol. The van der Waals surface area contributed by atoms with Crippen LogP contribution in [0.3, 0.4) is 0 Å². The summed E-state index contributed by atoms with van der Waals surface area (Å²) in [5.41, 5.74) is -0.0192. The second-order valence-electron chi connectivity index (χ2n) is 11.3. The molecule has 1 aliphatic carbocycles. The van der Waals surface area contributed by atoms with Crippen molar-refractivity contribution in [3.8, 4) is 0 Å². The first-order valence-corrected chi connectivity index (χ1v) is 12.6. The van der Waals surface area contributed by atoms with Gasteiger partial charge in [-0.05, 0) is 57.8 Å². The van der Waals surface area contributed by atoms with E-state index in [1.165, 1.54) is 0 Å². The summed E-state index contributed by atoms with van der Waals surface area (Å²) in [4.78, 5) is 47.9. The number of rotatable bonds is 11. The number of carbonyl (C=O) groups excluding carboxylic acids is 4. The third-order valence-corrected chi connectivity index (χ3v) is 5.51. The molecule has 1 fully saturated rings. The van der Waals surface area contributed by atoms with Crippen LogP contribution in [0.4, 0.5) is 19.2 Å². The van der Waals surface area contributed by atoms with Gasteiger partial charge in [-0.25, -0.2) is 19.2 Å². The van der Waals surface area contributed by atoms with Gasteiger partial charge in [0.05, 0.1) is 0 Å². The first kappa shape index (κ1) is 32.6. The number of alkyl carbamates (subject to hydrolysis) is 4. The molecule has 0 bridgehead atoms. The van der Waals surface area contributed by atoms with Gasteiger partial charge >= 0.3 is 24.4 Å². The van der Waals surface area contributed by atoms with E-state index >= 15 is 0 Å². The molecule has 0 radical (unpaired) electrons. The minimum absolute atomic E-state index is 0.00106. The van der Waals surface area contributed by atoms with Crippen LogP contribution in [0.25, 0.3) is 0 Å². The molecule has 1 aliphatic rings. The van der Waals surface area contributed by atoms with E-state index in [0.29, 0.717) is 25.1 Å². The minimum atomic E-state index is -0.690. The van der Waals surface area contributed by atoms with Gasteiger partial charge in [0.25, 0.3) is 0 Å². The lowest BCUT2D eigenvalue weighted by Gasteiger charge is -2.46. The first-order valence-electron chi connectivity index (χ1n) is 12.6. The van der Waals surface area contributed by atoms with Crippen LogP contribution in [0.2, 0.25) is 0 Å². The molecule has 0 aromatic carbocycles. The largest absolute Gasteiger partial charge is 0.445 e. The maximum absolute atomic E-state index is 12.4. The highest BCUT2D eigenvalue weighted by atomic mass is 16.6. The molecule has 0 saturated heterocycles. The van der Waals surface area contributed by atoms with E-state index in [9.17, 15) is 19.2 Å². The van der Waals surface area contributed by atoms with E-state index in [1.807, 2.05) is 6.92 Å². The number of carbonyl (C=O) groups is 4. The quantitative estimate of drug-likeness (QED) is 0.223. The summed E-state index contributed by atoms with van der Waals surface area (Å²) in [6.45, 7) is 20.2. The highest BCUT2D eigenvalue weighted by Gasteiger charge is 2.42. The number of hydrogen-bond acceptors (Lipinski definition) is 8. The molecule has 0 aromatic rings. The van der Waals surface area contributed by atoms with Crippen LogP contribution in [-0.2, 0) is 18.9 Å². The summed E-state index contributed by atoms with van der Waals surface area (Å²) in [7, 11) is 0. The Morgan fingerprint density at radius 3 is 2.21 bits per heavy atom. The molecule has 1 rings (SSSR count). The maximum Gasteiger partial charge on any atom is 0.412 e. The molecule has 12 nitrogen and oxygen atoms in total. The fraction of sp³-hybridized carbons (Fsp3) is 0.692. The van der Waals surface area contributed by atoms with Crippen molar-refractivity contribution in [3.05, 3.63) is 24.6 Å². The van der Waals surface area contributed by atoms with Gasteiger partial charge in [-0.1, -0.05) is 33.9 Å². The minimum Gasteiger partial charge on any atom is -0.445 e. The molecule has 0 spiro atoms. The molecule has 12 heteroatoms. The van der Waals surface area contributed by atoms with Gasteiger partial charge in [0, 0.05) is 24.3 Å². The zero-order valence-corrected chi connectivity index (χ0v) is 23.7. The Bertz CT molecular complexity index is 888. The van der Waals surface area contributed by atoms with E-state index in [0.717, 1.165) is 6.42 Å². The predicted octanol–water partition coefficient (Wildman–Crippen LogP) is 4.32. The Morgan fingerprint density at radius 2 is 1.61 bits per heavy atom. The Labute approximate surface area is 225 Å². The molecule has 0 aromatic heterocycles.